The third-order valence-corrected chi connectivity index (χ3v) is 3.28. The number of carbonyl (C=O) groups is 1. The fourth-order valence-electron chi connectivity index (χ4n) is 2.15. The summed E-state index contributed by atoms with van der Waals surface area (Å²) < 4.78 is 4.67. The van der Waals surface area contributed by atoms with E-state index in [-0.39, 0.29) is 0 Å². The molecule has 0 saturated heterocycles. The van der Waals surface area contributed by atoms with Crippen LogP contribution in [-0.2, 0) is 16.1 Å². The van der Waals surface area contributed by atoms with Gasteiger partial charge in [-0.05, 0) is 29.3 Å². The van der Waals surface area contributed by atoms with Gasteiger partial charge in [-0.2, -0.15) is 0 Å². The number of nitrogens with one attached hydrogen (secondary N) is 1. The lowest BCUT2D eigenvalue weighted by atomic mass is 10.1. The molecule has 0 unspecified atom stereocenters. The van der Waals surface area contributed by atoms with Crippen LogP contribution in [0.5, 0.6) is 0 Å². The Hall–Kier alpha value is -1.91. The van der Waals surface area contributed by atoms with E-state index in [1.165, 1.54) is 12.5 Å². The zero-order chi connectivity index (χ0) is 14.5. The van der Waals surface area contributed by atoms with Crippen molar-refractivity contribution in [2.75, 3.05) is 7.11 Å². The highest BCUT2D eigenvalue weighted by Crippen LogP contribution is 2.15. The van der Waals surface area contributed by atoms with E-state index in [1.807, 2.05) is 30.3 Å². The molecule has 0 fully saturated rings. The standard InChI is InChI=1S/C16H19NO3/c1-11(18)15(16(19)20-2)17-10-12-7-8-13-5-3-4-6-14(13)9-12/h3-9,11,15,17-18H,10H2,1-2H3/t11-,15-/m0/s1. The normalized spacial score (nSPS) is 13.9. The molecule has 0 aliphatic heterocycles. The number of rotatable bonds is 5. The van der Waals surface area contributed by atoms with Crippen LogP contribution in [-0.4, -0.2) is 30.3 Å². The molecule has 2 atom stereocenters. The minimum atomic E-state index is -0.803. The summed E-state index contributed by atoms with van der Waals surface area (Å²) in [6, 6.07) is 13.5. The van der Waals surface area contributed by atoms with E-state index in [2.05, 4.69) is 22.2 Å². The Bertz CT molecular complexity index is 595. The molecule has 4 heteroatoms. The minimum absolute atomic E-state index is 0.458. The van der Waals surface area contributed by atoms with Crippen LogP contribution in [0.25, 0.3) is 10.8 Å². The van der Waals surface area contributed by atoms with E-state index in [4.69, 9.17) is 0 Å². The SMILES string of the molecule is COC(=O)[C@@H](NCc1ccc2ccccc2c1)[C@H](C)O. The second-order valence-electron chi connectivity index (χ2n) is 4.80. The molecule has 0 aliphatic carbocycles. The van der Waals surface area contributed by atoms with Crippen LogP contribution < -0.4 is 5.32 Å². The molecule has 106 valence electrons. The van der Waals surface area contributed by atoms with E-state index in [0.717, 1.165) is 10.9 Å². The van der Waals surface area contributed by atoms with Crippen LogP contribution in [0.15, 0.2) is 42.5 Å². The Kier molecular flexibility index (Phi) is 4.71. The van der Waals surface area contributed by atoms with Crippen molar-refractivity contribution in [3.8, 4) is 0 Å². The van der Waals surface area contributed by atoms with Gasteiger partial charge in [0.05, 0.1) is 13.2 Å². The Morgan fingerprint density at radius 1 is 1.25 bits per heavy atom. The topological polar surface area (TPSA) is 58.6 Å². The molecule has 0 saturated carbocycles. The maximum absolute atomic E-state index is 11.5. The van der Waals surface area contributed by atoms with Crippen molar-refractivity contribution < 1.29 is 14.6 Å². The zero-order valence-electron chi connectivity index (χ0n) is 11.7. The molecule has 0 spiro atoms. The van der Waals surface area contributed by atoms with Crippen molar-refractivity contribution in [2.24, 2.45) is 0 Å². The van der Waals surface area contributed by atoms with Crippen molar-refractivity contribution in [1.82, 2.24) is 5.32 Å². The summed E-state index contributed by atoms with van der Waals surface area (Å²) in [6.45, 7) is 2.06. The first-order chi connectivity index (χ1) is 9.61. The first-order valence-corrected chi connectivity index (χ1v) is 6.59. The van der Waals surface area contributed by atoms with Crippen molar-refractivity contribution >= 4 is 16.7 Å². The predicted molar refractivity (Wildman–Crippen MR) is 78.3 cm³/mol. The first kappa shape index (κ1) is 14.5. The number of fused-ring (bicyclic) bond motifs is 1. The fourth-order valence-corrected chi connectivity index (χ4v) is 2.15. The fraction of sp³-hybridized carbons (Fsp3) is 0.312. The molecule has 0 radical (unpaired) electrons. The molecule has 0 aliphatic rings. The molecular formula is C16H19NO3. The Labute approximate surface area is 118 Å². The van der Waals surface area contributed by atoms with E-state index >= 15 is 0 Å². The third-order valence-electron chi connectivity index (χ3n) is 3.28. The summed E-state index contributed by atoms with van der Waals surface area (Å²) in [4.78, 5) is 11.5. The monoisotopic (exact) mass is 273 g/mol. The summed E-state index contributed by atoms with van der Waals surface area (Å²) in [6.07, 6.45) is -0.803. The van der Waals surface area contributed by atoms with E-state index < -0.39 is 18.1 Å². The largest absolute Gasteiger partial charge is 0.468 e. The van der Waals surface area contributed by atoms with Gasteiger partial charge in [-0.1, -0.05) is 36.4 Å². The van der Waals surface area contributed by atoms with Crippen LogP contribution in [0.3, 0.4) is 0 Å². The van der Waals surface area contributed by atoms with Crippen molar-refractivity contribution in [3.63, 3.8) is 0 Å². The van der Waals surface area contributed by atoms with Gasteiger partial charge < -0.3 is 9.84 Å². The minimum Gasteiger partial charge on any atom is -0.468 e. The Morgan fingerprint density at radius 3 is 2.60 bits per heavy atom. The van der Waals surface area contributed by atoms with Gasteiger partial charge in [0.25, 0.3) is 0 Å². The second kappa shape index (κ2) is 6.50. The lowest BCUT2D eigenvalue weighted by molar-refractivity contribution is -0.145. The maximum atomic E-state index is 11.5. The Morgan fingerprint density at radius 2 is 1.95 bits per heavy atom. The molecule has 20 heavy (non-hydrogen) atoms. The summed E-state index contributed by atoms with van der Waals surface area (Å²) in [7, 11) is 1.31. The van der Waals surface area contributed by atoms with Crippen LogP contribution in [0.4, 0.5) is 0 Å². The van der Waals surface area contributed by atoms with Gasteiger partial charge in [0, 0.05) is 6.54 Å². The first-order valence-electron chi connectivity index (χ1n) is 6.59. The number of hydrogen-bond acceptors (Lipinski definition) is 4. The lowest BCUT2D eigenvalue weighted by Gasteiger charge is -2.19. The predicted octanol–water partition coefficient (Wildman–Crippen LogP) is 1.85. The highest BCUT2D eigenvalue weighted by Gasteiger charge is 2.23. The smallest absolute Gasteiger partial charge is 0.325 e. The molecule has 0 aromatic heterocycles. The molecule has 2 N–H and O–H groups in total. The number of aliphatic hydroxyl groups is 1. The van der Waals surface area contributed by atoms with Crippen LogP contribution in [0, 0.1) is 0 Å². The van der Waals surface area contributed by atoms with E-state index in [0.29, 0.717) is 6.54 Å². The molecule has 0 amide bonds. The highest BCUT2D eigenvalue weighted by atomic mass is 16.5. The van der Waals surface area contributed by atoms with Gasteiger partial charge in [-0.15, -0.1) is 0 Å². The zero-order valence-corrected chi connectivity index (χ0v) is 11.7. The highest BCUT2D eigenvalue weighted by molar-refractivity contribution is 5.83. The van der Waals surface area contributed by atoms with Crippen molar-refractivity contribution in [1.29, 1.82) is 0 Å². The van der Waals surface area contributed by atoms with Crippen LogP contribution in [0.2, 0.25) is 0 Å². The summed E-state index contributed by atoms with van der Waals surface area (Å²) in [5.74, 6) is -0.458. The summed E-state index contributed by atoms with van der Waals surface area (Å²) in [5.41, 5.74) is 1.05. The molecule has 4 nitrogen and oxygen atoms in total. The van der Waals surface area contributed by atoms with Gasteiger partial charge in [-0.25, -0.2) is 0 Å². The second-order valence-corrected chi connectivity index (χ2v) is 4.80. The van der Waals surface area contributed by atoms with E-state index in [9.17, 15) is 9.90 Å². The van der Waals surface area contributed by atoms with Crippen molar-refractivity contribution in [2.45, 2.75) is 25.6 Å². The molecule has 2 aromatic rings. The number of esters is 1. The number of ether oxygens (including phenoxy) is 1. The van der Waals surface area contributed by atoms with Gasteiger partial charge in [0.2, 0.25) is 0 Å². The number of benzene rings is 2. The lowest BCUT2D eigenvalue weighted by Crippen LogP contribution is -2.45. The number of aliphatic hydroxyl groups excluding tert-OH is 1. The van der Waals surface area contributed by atoms with Gasteiger partial charge >= 0.3 is 5.97 Å². The third kappa shape index (κ3) is 3.35. The van der Waals surface area contributed by atoms with Crippen molar-refractivity contribution in [3.05, 3.63) is 48.0 Å². The molecule has 0 heterocycles. The number of hydrogen-bond donors (Lipinski definition) is 2. The number of methoxy groups -OCH3 is 1. The number of carbonyl (C=O) groups excluding carboxylic acids is 1. The van der Waals surface area contributed by atoms with Crippen LogP contribution >= 0.6 is 0 Å². The molecular weight excluding hydrogens is 254 g/mol. The Balaban J connectivity index is 2.09. The maximum Gasteiger partial charge on any atom is 0.325 e. The quantitative estimate of drug-likeness (QED) is 0.816. The average molecular weight is 273 g/mol. The van der Waals surface area contributed by atoms with Gasteiger partial charge in [0.15, 0.2) is 0 Å². The van der Waals surface area contributed by atoms with Gasteiger partial charge in [-0.3, -0.25) is 10.1 Å². The summed E-state index contributed by atoms with van der Waals surface area (Å²) in [5, 5.41) is 15.0. The summed E-state index contributed by atoms with van der Waals surface area (Å²) >= 11 is 0. The molecule has 2 rings (SSSR count). The molecule has 0 bridgehead atoms. The van der Waals surface area contributed by atoms with E-state index in [1.54, 1.807) is 6.92 Å². The van der Waals surface area contributed by atoms with Gasteiger partial charge in [0.1, 0.15) is 6.04 Å². The average Bonchev–Trinajstić information content (AvgIpc) is 2.46. The molecule has 2 aromatic carbocycles. The van der Waals surface area contributed by atoms with Crippen LogP contribution in [0.1, 0.15) is 12.5 Å².